The van der Waals surface area contributed by atoms with E-state index in [0.717, 1.165) is 3.97 Å². The number of carbonyl (C=O) groups excluding carboxylic acids is 1. The molecule has 0 aliphatic heterocycles. The second-order valence-electron chi connectivity index (χ2n) is 6.91. The fraction of sp³-hybridized carbons (Fsp3) is 0.130. The summed E-state index contributed by atoms with van der Waals surface area (Å²) in [4.78, 5) is 15.9. The Morgan fingerprint density at radius 2 is 1.88 bits per heavy atom. The second-order valence-corrected chi connectivity index (χ2v) is 8.72. The largest absolute Gasteiger partial charge is 0.465 e. The molecule has 10 heteroatoms. The molecule has 7 nitrogen and oxygen atoms in total. The van der Waals surface area contributed by atoms with Gasteiger partial charge >= 0.3 is 5.97 Å². The van der Waals surface area contributed by atoms with Crippen molar-refractivity contribution >= 4 is 45.1 Å². The molecule has 0 saturated carbocycles. The molecule has 0 aliphatic rings. The van der Waals surface area contributed by atoms with E-state index in [4.69, 9.17) is 4.74 Å². The summed E-state index contributed by atoms with van der Waals surface area (Å²) in [6.45, 7) is 2.00. The van der Waals surface area contributed by atoms with Gasteiger partial charge in [-0.25, -0.2) is 21.8 Å². The Morgan fingerprint density at radius 3 is 2.55 bits per heavy atom. The summed E-state index contributed by atoms with van der Waals surface area (Å²) in [5.41, 5.74) is 1.46. The third kappa shape index (κ3) is 4.99. The SMILES string of the molecule is CCOC(=O)CNc1ccc(-c2cn(S(=O)(=O)c3ccccc3)c3cc(F)ccc23)cn1.Cl. The molecule has 1 N–H and O–H groups in total. The van der Waals surface area contributed by atoms with Crippen LogP contribution in [0.5, 0.6) is 0 Å². The molecular weight excluding hydrogens is 469 g/mol. The molecule has 4 aromatic rings. The van der Waals surface area contributed by atoms with Crippen molar-refractivity contribution < 1.29 is 22.3 Å². The van der Waals surface area contributed by atoms with Gasteiger partial charge in [0.25, 0.3) is 10.0 Å². The van der Waals surface area contributed by atoms with E-state index in [1.165, 1.54) is 30.5 Å². The zero-order chi connectivity index (χ0) is 22.7. The van der Waals surface area contributed by atoms with Gasteiger partial charge in [-0.05, 0) is 49.4 Å². The summed E-state index contributed by atoms with van der Waals surface area (Å²) in [6, 6.07) is 15.4. The average Bonchev–Trinajstić information content (AvgIpc) is 3.18. The number of pyridine rings is 1. The molecule has 0 bridgehead atoms. The van der Waals surface area contributed by atoms with Crippen molar-refractivity contribution in [2.24, 2.45) is 0 Å². The zero-order valence-electron chi connectivity index (χ0n) is 17.6. The monoisotopic (exact) mass is 489 g/mol. The van der Waals surface area contributed by atoms with E-state index in [1.807, 2.05) is 0 Å². The van der Waals surface area contributed by atoms with E-state index in [1.54, 1.807) is 49.5 Å². The van der Waals surface area contributed by atoms with Crippen LogP contribution in [0.1, 0.15) is 6.92 Å². The van der Waals surface area contributed by atoms with Crippen molar-refractivity contribution in [2.45, 2.75) is 11.8 Å². The first-order valence-corrected chi connectivity index (χ1v) is 11.3. The van der Waals surface area contributed by atoms with Crippen LogP contribution in [0.4, 0.5) is 10.2 Å². The maximum atomic E-state index is 14.0. The number of hydrogen-bond acceptors (Lipinski definition) is 6. The molecule has 0 unspecified atom stereocenters. The van der Waals surface area contributed by atoms with Crippen LogP contribution in [0.3, 0.4) is 0 Å². The molecule has 0 amide bonds. The van der Waals surface area contributed by atoms with E-state index in [-0.39, 0.29) is 29.4 Å². The molecule has 0 atom stereocenters. The molecule has 172 valence electrons. The molecule has 4 rings (SSSR count). The number of nitrogens with one attached hydrogen (secondary N) is 1. The van der Waals surface area contributed by atoms with E-state index >= 15 is 0 Å². The smallest absolute Gasteiger partial charge is 0.325 e. The number of esters is 1. The highest BCUT2D eigenvalue weighted by molar-refractivity contribution is 7.90. The number of fused-ring (bicyclic) bond motifs is 1. The predicted molar refractivity (Wildman–Crippen MR) is 127 cm³/mol. The third-order valence-corrected chi connectivity index (χ3v) is 6.52. The second kappa shape index (κ2) is 10.0. The molecule has 33 heavy (non-hydrogen) atoms. The number of aromatic nitrogens is 2. The lowest BCUT2D eigenvalue weighted by molar-refractivity contribution is -0.140. The number of hydrogen-bond donors (Lipinski definition) is 1. The highest BCUT2D eigenvalue weighted by Gasteiger charge is 2.22. The molecule has 2 heterocycles. The van der Waals surface area contributed by atoms with Crippen LogP contribution in [0.2, 0.25) is 0 Å². The van der Waals surface area contributed by atoms with Crippen LogP contribution in [0.25, 0.3) is 22.0 Å². The standard InChI is InChI=1S/C23H20FN3O4S.ClH/c1-2-31-23(28)14-26-22-11-8-16(13-25-22)20-15-27(21-12-17(24)9-10-19(20)21)32(29,30)18-6-4-3-5-7-18;/h3-13,15H,2,14H2,1H3,(H,25,26);1H. The summed E-state index contributed by atoms with van der Waals surface area (Å²) in [5.74, 6) is -0.466. The van der Waals surface area contributed by atoms with Crippen LogP contribution >= 0.6 is 12.4 Å². The van der Waals surface area contributed by atoms with Gasteiger partial charge in [0.15, 0.2) is 0 Å². The molecule has 0 radical (unpaired) electrons. The van der Waals surface area contributed by atoms with E-state index < -0.39 is 21.8 Å². The predicted octanol–water partition coefficient (Wildman–Crippen LogP) is 4.48. The molecule has 0 saturated heterocycles. The normalized spacial score (nSPS) is 11.1. The first kappa shape index (κ1) is 24.2. The van der Waals surface area contributed by atoms with Gasteiger partial charge in [-0.1, -0.05) is 18.2 Å². The molecule has 2 aromatic heterocycles. The minimum Gasteiger partial charge on any atom is -0.465 e. The maximum absolute atomic E-state index is 14.0. The first-order valence-electron chi connectivity index (χ1n) is 9.87. The fourth-order valence-corrected chi connectivity index (χ4v) is 4.72. The van der Waals surface area contributed by atoms with Crippen LogP contribution in [0, 0.1) is 5.82 Å². The lowest BCUT2D eigenvalue weighted by Crippen LogP contribution is -2.17. The van der Waals surface area contributed by atoms with Crippen LogP contribution in [-0.4, -0.2) is 36.5 Å². The summed E-state index contributed by atoms with van der Waals surface area (Å²) in [7, 11) is -3.94. The highest BCUT2D eigenvalue weighted by Crippen LogP contribution is 2.33. The zero-order valence-corrected chi connectivity index (χ0v) is 19.2. The topological polar surface area (TPSA) is 90.3 Å². The van der Waals surface area contributed by atoms with Gasteiger partial charge in [-0.15, -0.1) is 12.4 Å². The summed E-state index contributed by atoms with van der Waals surface area (Å²) < 4.78 is 46.4. The van der Waals surface area contributed by atoms with Crippen LogP contribution < -0.4 is 5.32 Å². The van der Waals surface area contributed by atoms with Crippen molar-refractivity contribution in [3.63, 3.8) is 0 Å². The number of anilines is 1. The molecule has 2 aromatic carbocycles. The molecule has 0 fully saturated rings. The molecule has 0 spiro atoms. The first-order chi connectivity index (χ1) is 15.4. The van der Waals surface area contributed by atoms with Crippen molar-refractivity contribution in [1.29, 1.82) is 0 Å². The Bertz CT molecular complexity index is 1370. The molecular formula is C23H21ClFN3O4S. The lowest BCUT2D eigenvalue weighted by Gasteiger charge is -2.07. The van der Waals surface area contributed by atoms with Gasteiger partial charge in [-0.2, -0.15) is 0 Å². The lowest BCUT2D eigenvalue weighted by atomic mass is 10.1. The summed E-state index contributed by atoms with van der Waals surface area (Å²) in [5, 5.41) is 3.44. The van der Waals surface area contributed by atoms with Gasteiger partial charge in [0.05, 0.1) is 17.0 Å². The van der Waals surface area contributed by atoms with E-state index in [0.29, 0.717) is 28.9 Å². The van der Waals surface area contributed by atoms with Gasteiger partial charge in [0.2, 0.25) is 0 Å². The average molecular weight is 490 g/mol. The minimum absolute atomic E-state index is 0. The van der Waals surface area contributed by atoms with Crippen molar-refractivity contribution in [3.8, 4) is 11.1 Å². The van der Waals surface area contributed by atoms with Gasteiger partial charge in [0, 0.05) is 28.9 Å². The van der Waals surface area contributed by atoms with Gasteiger partial charge in [0.1, 0.15) is 18.2 Å². The fourth-order valence-electron chi connectivity index (χ4n) is 3.34. The Balaban J connectivity index is 0.00000306. The number of rotatable bonds is 7. The van der Waals surface area contributed by atoms with Gasteiger partial charge < -0.3 is 10.1 Å². The quantitative estimate of drug-likeness (QED) is 0.385. The van der Waals surface area contributed by atoms with Crippen molar-refractivity contribution in [2.75, 3.05) is 18.5 Å². The number of ether oxygens (including phenoxy) is 1. The Morgan fingerprint density at radius 1 is 1.12 bits per heavy atom. The number of nitrogens with zero attached hydrogens (tertiary/aromatic N) is 2. The van der Waals surface area contributed by atoms with Crippen molar-refractivity contribution in [1.82, 2.24) is 8.96 Å². The summed E-state index contributed by atoms with van der Waals surface area (Å²) >= 11 is 0. The Labute approximate surface area is 196 Å². The van der Waals surface area contributed by atoms with E-state index in [9.17, 15) is 17.6 Å². The Hall–Kier alpha value is -3.43. The highest BCUT2D eigenvalue weighted by atomic mass is 35.5. The Kier molecular flexibility index (Phi) is 7.35. The number of halogens is 2. The maximum Gasteiger partial charge on any atom is 0.325 e. The summed E-state index contributed by atoms with van der Waals surface area (Å²) in [6.07, 6.45) is 3.03. The minimum atomic E-state index is -3.94. The molecule has 0 aliphatic carbocycles. The van der Waals surface area contributed by atoms with E-state index in [2.05, 4.69) is 10.3 Å². The van der Waals surface area contributed by atoms with Crippen molar-refractivity contribution in [3.05, 3.63) is 78.9 Å². The third-order valence-electron chi connectivity index (χ3n) is 4.83. The van der Waals surface area contributed by atoms with Crippen LogP contribution in [0.15, 0.2) is 78.0 Å². The number of carbonyl (C=O) groups is 1. The van der Waals surface area contributed by atoms with Gasteiger partial charge in [-0.3, -0.25) is 4.79 Å². The van der Waals surface area contributed by atoms with Crippen LogP contribution in [-0.2, 0) is 19.6 Å². The number of benzene rings is 2.